The van der Waals surface area contributed by atoms with Crippen molar-refractivity contribution in [2.75, 3.05) is 5.73 Å². The molecule has 0 saturated carbocycles. The normalized spacial score (nSPS) is 11.6. The van der Waals surface area contributed by atoms with Crippen molar-refractivity contribution in [3.8, 4) is 16.9 Å². The number of aryl methyl sites for hydroxylation is 1. The number of ether oxygens (including phenoxy) is 1. The van der Waals surface area contributed by atoms with Gasteiger partial charge in [-0.1, -0.05) is 6.07 Å². The van der Waals surface area contributed by atoms with Gasteiger partial charge in [0.2, 0.25) is 0 Å². The first-order valence-electron chi connectivity index (χ1n) is 7.76. The Morgan fingerprint density at radius 2 is 2.00 bits per heavy atom. The third kappa shape index (κ3) is 2.57. The van der Waals surface area contributed by atoms with Crippen LogP contribution in [0.15, 0.2) is 29.3 Å². The Balaban J connectivity index is 2.21. The molecule has 0 bridgehead atoms. The third-order valence-corrected chi connectivity index (χ3v) is 4.29. The van der Waals surface area contributed by atoms with E-state index in [1.54, 1.807) is 6.92 Å². The number of aromatic amines is 2. The molecule has 0 fully saturated rings. The number of rotatable bonds is 3. The third-order valence-electron chi connectivity index (χ3n) is 4.29. The first-order chi connectivity index (χ1) is 12.9. The topological polar surface area (TPSA) is 110 Å². The summed E-state index contributed by atoms with van der Waals surface area (Å²) in [6.45, 7) is -1.51. The van der Waals surface area contributed by atoms with Crippen molar-refractivity contribution in [3.63, 3.8) is 0 Å². The van der Waals surface area contributed by atoms with Crippen molar-refractivity contribution in [3.05, 3.63) is 46.4 Å². The molecule has 0 radical (unpaired) electrons. The molecule has 0 aliphatic heterocycles. The molecule has 0 aliphatic carbocycles. The standard InChI is InChI=1S/C17H12F3N5O2/c1-6-14-12(10(5-22-6)27-17(19)20)11(13(21)16(26)24-14)7-2-3-9(18)15-8(7)4-23-25-15/h2-5,17H,21H2,1H3,(H,23,25)(H,24,26). The minimum atomic E-state index is -3.11. The zero-order valence-corrected chi connectivity index (χ0v) is 13.8. The number of H-pyrrole nitrogens is 2. The van der Waals surface area contributed by atoms with Gasteiger partial charge >= 0.3 is 6.61 Å². The molecule has 4 N–H and O–H groups in total. The lowest BCUT2D eigenvalue weighted by molar-refractivity contribution is -0.0490. The molecule has 0 saturated heterocycles. The van der Waals surface area contributed by atoms with Crippen molar-refractivity contribution in [1.29, 1.82) is 0 Å². The second kappa shape index (κ2) is 6.01. The summed E-state index contributed by atoms with van der Waals surface area (Å²) < 4.78 is 44.4. The highest BCUT2D eigenvalue weighted by atomic mass is 19.3. The van der Waals surface area contributed by atoms with Gasteiger partial charge in [-0.25, -0.2) is 4.39 Å². The highest BCUT2D eigenvalue weighted by molar-refractivity contribution is 6.10. The summed E-state index contributed by atoms with van der Waals surface area (Å²) in [5.41, 5.74) is 6.32. The highest BCUT2D eigenvalue weighted by Gasteiger charge is 2.22. The van der Waals surface area contributed by atoms with E-state index in [0.717, 1.165) is 6.20 Å². The number of hydrogen-bond donors (Lipinski definition) is 3. The van der Waals surface area contributed by atoms with Crippen molar-refractivity contribution >= 4 is 27.5 Å². The first kappa shape index (κ1) is 16.9. The number of pyridine rings is 2. The summed E-state index contributed by atoms with van der Waals surface area (Å²) in [5, 5.41) is 6.82. The van der Waals surface area contributed by atoms with Gasteiger partial charge in [-0.15, -0.1) is 0 Å². The molecule has 0 aliphatic rings. The van der Waals surface area contributed by atoms with Gasteiger partial charge in [0.25, 0.3) is 5.56 Å². The minimum absolute atomic E-state index is 0.0995. The van der Waals surface area contributed by atoms with E-state index in [-0.39, 0.29) is 33.4 Å². The zero-order valence-electron chi connectivity index (χ0n) is 13.8. The Morgan fingerprint density at radius 3 is 2.74 bits per heavy atom. The summed E-state index contributed by atoms with van der Waals surface area (Å²) in [4.78, 5) is 18.9. The van der Waals surface area contributed by atoms with Gasteiger partial charge in [0, 0.05) is 10.9 Å². The predicted octanol–water partition coefficient (Wildman–Crippen LogP) is 3.10. The second-order valence-corrected chi connectivity index (χ2v) is 5.83. The lowest BCUT2D eigenvalue weighted by Gasteiger charge is -2.15. The molecule has 3 aromatic heterocycles. The van der Waals surface area contributed by atoms with Gasteiger partial charge in [-0.05, 0) is 18.6 Å². The van der Waals surface area contributed by atoms with Crippen LogP contribution in [0.2, 0.25) is 0 Å². The molecule has 3 heterocycles. The van der Waals surface area contributed by atoms with E-state index in [0.29, 0.717) is 16.6 Å². The average Bonchev–Trinajstić information content (AvgIpc) is 3.11. The van der Waals surface area contributed by atoms with Crippen molar-refractivity contribution in [2.45, 2.75) is 13.5 Å². The molecule has 0 amide bonds. The Labute approximate surface area is 149 Å². The van der Waals surface area contributed by atoms with Crippen LogP contribution in [0.3, 0.4) is 0 Å². The number of fused-ring (bicyclic) bond motifs is 2. The molecule has 10 heteroatoms. The van der Waals surface area contributed by atoms with E-state index in [1.807, 2.05) is 0 Å². The number of nitrogens with two attached hydrogens (primary N) is 1. The number of nitrogen functional groups attached to an aromatic ring is 1. The Morgan fingerprint density at radius 1 is 1.22 bits per heavy atom. The van der Waals surface area contributed by atoms with Crippen LogP contribution >= 0.6 is 0 Å². The van der Waals surface area contributed by atoms with E-state index in [2.05, 4.69) is 24.9 Å². The molecule has 0 atom stereocenters. The molecule has 0 spiro atoms. The Hall–Kier alpha value is -3.56. The summed E-state index contributed by atoms with van der Waals surface area (Å²) in [7, 11) is 0. The van der Waals surface area contributed by atoms with Gasteiger partial charge in [0.05, 0.1) is 29.0 Å². The van der Waals surface area contributed by atoms with Gasteiger partial charge in [-0.2, -0.15) is 13.9 Å². The Kier molecular flexibility index (Phi) is 3.76. The van der Waals surface area contributed by atoms with Crippen LogP contribution in [0.25, 0.3) is 32.9 Å². The number of nitrogens with one attached hydrogen (secondary N) is 2. The lowest BCUT2D eigenvalue weighted by atomic mass is 9.96. The molecule has 4 rings (SSSR count). The second-order valence-electron chi connectivity index (χ2n) is 5.83. The van der Waals surface area contributed by atoms with Crippen LogP contribution in [0.5, 0.6) is 5.75 Å². The summed E-state index contributed by atoms with van der Waals surface area (Å²) >= 11 is 0. The maximum Gasteiger partial charge on any atom is 0.387 e. The number of anilines is 1. The number of halogens is 3. The summed E-state index contributed by atoms with van der Waals surface area (Å²) in [6, 6.07) is 2.57. The van der Waals surface area contributed by atoms with Gasteiger partial charge in [-0.3, -0.25) is 14.9 Å². The van der Waals surface area contributed by atoms with E-state index in [1.165, 1.54) is 18.3 Å². The molecular weight excluding hydrogens is 363 g/mol. The zero-order chi connectivity index (χ0) is 19.3. The van der Waals surface area contributed by atoms with E-state index in [9.17, 15) is 18.0 Å². The monoisotopic (exact) mass is 375 g/mol. The number of hydrogen-bond acceptors (Lipinski definition) is 5. The number of alkyl halides is 2. The molecule has 7 nitrogen and oxygen atoms in total. The van der Waals surface area contributed by atoms with Crippen LogP contribution in [-0.4, -0.2) is 26.8 Å². The molecule has 1 aromatic carbocycles. The number of aromatic nitrogens is 4. The molecule has 27 heavy (non-hydrogen) atoms. The first-order valence-corrected chi connectivity index (χ1v) is 7.76. The fourth-order valence-electron chi connectivity index (χ4n) is 3.10. The predicted molar refractivity (Wildman–Crippen MR) is 93.2 cm³/mol. The van der Waals surface area contributed by atoms with E-state index >= 15 is 0 Å². The largest absolute Gasteiger partial charge is 0.432 e. The summed E-state index contributed by atoms with van der Waals surface area (Å²) in [6.07, 6.45) is 2.49. The molecular formula is C17H12F3N5O2. The highest BCUT2D eigenvalue weighted by Crippen LogP contribution is 2.40. The SMILES string of the molecule is Cc1ncc(OC(F)F)c2c(-c3ccc(F)c4[nH]ncc34)c(N)c(=O)[nH]c12. The fraction of sp³-hybridized carbons (Fsp3) is 0.118. The van der Waals surface area contributed by atoms with Gasteiger partial charge in [0.1, 0.15) is 17.0 Å². The molecule has 138 valence electrons. The van der Waals surface area contributed by atoms with E-state index < -0.39 is 18.0 Å². The van der Waals surface area contributed by atoms with Crippen LogP contribution in [0.1, 0.15) is 5.69 Å². The maximum atomic E-state index is 14.0. The van der Waals surface area contributed by atoms with Crippen molar-refractivity contribution in [2.24, 2.45) is 0 Å². The molecule has 4 aromatic rings. The number of benzene rings is 1. The van der Waals surface area contributed by atoms with Gasteiger partial charge in [0.15, 0.2) is 5.75 Å². The quantitative estimate of drug-likeness (QED) is 0.510. The Bertz CT molecular complexity index is 1250. The van der Waals surface area contributed by atoms with Crippen molar-refractivity contribution in [1.82, 2.24) is 20.2 Å². The van der Waals surface area contributed by atoms with Crippen LogP contribution in [-0.2, 0) is 0 Å². The minimum Gasteiger partial charge on any atom is -0.432 e. The van der Waals surface area contributed by atoms with Crippen LogP contribution in [0, 0.1) is 12.7 Å². The lowest BCUT2D eigenvalue weighted by Crippen LogP contribution is -2.15. The van der Waals surface area contributed by atoms with Crippen molar-refractivity contribution < 1.29 is 17.9 Å². The fourth-order valence-corrected chi connectivity index (χ4v) is 3.10. The summed E-state index contributed by atoms with van der Waals surface area (Å²) in [5.74, 6) is -0.814. The van der Waals surface area contributed by atoms with E-state index in [4.69, 9.17) is 5.73 Å². The molecule has 0 unspecified atom stereocenters. The maximum absolute atomic E-state index is 14.0. The van der Waals surface area contributed by atoms with Gasteiger partial charge < -0.3 is 15.5 Å². The van der Waals surface area contributed by atoms with Crippen LogP contribution in [0.4, 0.5) is 18.9 Å². The average molecular weight is 375 g/mol. The van der Waals surface area contributed by atoms with Crippen LogP contribution < -0.4 is 16.0 Å². The smallest absolute Gasteiger partial charge is 0.387 e. The number of nitrogens with zero attached hydrogens (tertiary/aromatic N) is 2.